The average Bonchev–Trinajstić information content (AvgIpc) is 3.25. The van der Waals surface area contributed by atoms with Crippen molar-refractivity contribution in [2.75, 3.05) is 38.2 Å². The largest absolute Gasteiger partial charge is 0.497 e. The molecular formula is C24H27F7N4O5. The van der Waals surface area contributed by atoms with Crippen molar-refractivity contribution in [3.63, 3.8) is 0 Å². The number of carboxylic acid groups (broad SMARTS) is 2. The van der Waals surface area contributed by atoms with Crippen molar-refractivity contribution in [3.05, 3.63) is 48.0 Å². The number of carboxylic acids is 2. The van der Waals surface area contributed by atoms with Crippen molar-refractivity contribution in [2.45, 2.75) is 38.2 Å². The zero-order valence-corrected chi connectivity index (χ0v) is 21.2. The van der Waals surface area contributed by atoms with Crippen LogP contribution in [0.15, 0.2) is 36.7 Å². The maximum Gasteiger partial charge on any atom is 0.490 e. The van der Waals surface area contributed by atoms with Crippen LogP contribution in [0.1, 0.15) is 24.8 Å². The number of halogens is 7. The van der Waals surface area contributed by atoms with Gasteiger partial charge >= 0.3 is 24.3 Å². The standard InChI is InChI=1S/C20H25FN4O.2C2HF3O2/c1-26-18-5-3-16(4-6-18)13-24-10-8-20(14-24)7-2-9-25(15-20)19-22-11-17(21)12-23-19;2*3-2(4,5)1(6)7/h3-6,11-12H,2,7-10,13-15H2,1H3;2*(H,6,7). The molecule has 222 valence electrons. The molecule has 0 bridgehead atoms. The first kappa shape index (κ1) is 32.5. The Morgan fingerprint density at radius 3 is 1.93 bits per heavy atom. The van der Waals surface area contributed by atoms with E-state index in [0.717, 1.165) is 44.9 Å². The Kier molecular flexibility index (Phi) is 11.0. The minimum absolute atomic E-state index is 0.294. The number of anilines is 1. The summed E-state index contributed by atoms with van der Waals surface area (Å²) < 4.78 is 81.8. The fraction of sp³-hybridized carbons (Fsp3) is 0.500. The Balaban J connectivity index is 0.000000333. The summed E-state index contributed by atoms with van der Waals surface area (Å²) in [6.45, 7) is 5.09. The van der Waals surface area contributed by atoms with Crippen LogP contribution >= 0.6 is 0 Å². The van der Waals surface area contributed by atoms with Crippen molar-refractivity contribution in [2.24, 2.45) is 5.41 Å². The van der Waals surface area contributed by atoms with Gasteiger partial charge in [0.25, 0.3) is 0 Å². The van der Waals surface area contributed by atoms with Gasteiger partial charge in [0, 0.05) is 31.6 Å². The van der Waals surface area contributed by atoms with Crippen LogP contribution in [0.2, 0.25) is 0 Å². The van der Waals surface area contributed by atoms with Crippen molar-refractivity contribution in [1.29, 1.82) is 0 Å². The second kappa shape index (κ2) is 13.6. The predicted octanol–water partition coefficient (Wildman–Crippen LogP) is 4.38. The average molecular weight is 584 g/mol. The second-order valence-electron chi connectivity index (χ2n) is 9.14. The summed E-state index contributed by atoms with van der Waals surface area (Å²) in [4.78, 5) is 30.9. The van der Waals surface area contributed by atoms with E-state index < -0.39 is 24.3 Å². The molecule has 1 aromatic carbocycles. The topological polar surface area (TPSA) is 116 Å². The third-order valence-electron chi connectivity index (χ3n) is 6.12. The van der Waals surface area contributed by atoms with Crippen LogP contribution in [-0.4, -0.2) is 82.7 Å². The maximum absolute atomic E-state index is 13.1. The van der Waals surface area contributed by atoms with Crippen LogP contribution in [-0.2, 0) is 16.1 Å². The summed E-state index contributed by atoms with van der Waals surface area (Å²) in [6, 6.07) is 8.33. The molecule has 2 N–H and O–H groups in total. The maximum atomic E-state index is 13.1. The fourth-order valence-electron chi connectivity index (χ4n) is 4.33. The second-order valence-corrected chi connectivity index (χ2v) is 9.14. The first-order valence-corrected chi connectivity index (χ1v) is 11.7. The number of alkyl halides is 6. The Morgan fingerprint density at radius 2 is 1.45 bits per heavy atom. The van der Waals surface area contributed by atoms with E-state index >= 15 is 0 Å². The van der Waals surface area contributed by atoms with Gasteiger partial charge in [-0.05, 0) is 43.5 Å². The molecule has 16 heteroatoms. The highest BCUT2D eigenvalue weighted by Gasteiger charge is 2.42. The van der Waals surface area contributed by atoms with E-state index in [1.165, 1.54) is 30.8 Å². The molecule has 0 amide bonds. The summed E-state index contributed by atoms with van der Waals surface area (Å²) in [6.07, 6.45) is -4.08. The van der Waals surface area contributed by atoms with Crippen LogP contribution < -0.4 is 9.64 Å². The molecule has 2 aliphatic heterocycles. The molecule has 1 atom stereocenters. The molecule has 0 radical (unpaired) electrons. The minimum atomic E-state index is -5.08. The lowest BCUT2D eigenvalue weighted by Crippen LogP contribution is -2.45. The molecule has 1 spiro atoms. The number of benzene rings is 1. The van der Waals surface area contributed by atoms with E-state index in [-0.39, 0.29) is 5.82 Å². The quantitative estimate of drug-likeness (QED) is 0.505. The summed E-state index contributed by atoms with van der Waals surface area (Å²) in [5.74, 6) is -4.35. The number of carbonyl (C=O) groups is 2. The summed E-state index contributed by atoms with van der Waals surface area (Å²) in [5.41, 5.74) is 1.61. The number of likely N-dealkylation sites (tertiary alicyclic amines) is 1. The van der Waals surface area contributed by atoms with Crippen molar-refractivity contribution in [3.8, 4) is 5.75 Å². The highest BCUT2D eigenvalue weighted by Crippen LogP contribution is 2.40. The van der Waals surface area contributed by atoms with Crippen LogP contribution in [0.25, 0.3) is 0 Å². The highest BCUT2D eigenvalue weighted by molar-refractivity contribution is 5.73. The molecule has 1 unspecified atom stereocenters. The van der Waals surface area contributed by atoms with E-state index in [4.69, 9.17) is 24.5 Å². The monoisotopic (exact) mass is 584 g/mol. The molecule has 0 aliphatic carbocycles. The van der Waals surface area contributed by atoms with Crippen LogP contribution in [0, 0.1) is 11.2 Å². The number of rotatable bonds is 4. The number of nitrogens with zero attached hydrogens (tertiary/aromatic N) is 4. The molecule has 9 nitrogen and oxygen atoms in total. The van der Waals surface area contributed by atoms with Gasteiger partial charge in [0.15, 0.2) is 5.82 Å². The zero-order chi connectivity index (χ0) is 30.1. The molecule has 0 saturated carbocycles. The van der Waals surface area contributed by atoms with Gasteiger partial charge in [0.05, 0.1) is 19.5 Å². The number of hydrogen-bond acceptors (Lipinski definition) is 7. The third kappa shape index (κ3) is 10.1. The molecule has 3 heterocycles. The first-order valence-electron chi connectivity index (χ1n) is 11.7. The van der Waals surface area contributed by atoms with Gasteiger partial charge in [0.1, 0.15) is 5.75 Å². The lowest BCUT2D eigenvalue weighted by atomic mass is 9.79. The molecule has 2 saturated heterocycles. The molecule has 40 heavy (non-hydrogen) atoms. The smallest absolute Gasteiger partial charge is 0.490 e. The SMILES string of the molecule is COc1ccc(CN2CCC3(CCCN(c4ncc(F)cn4)C3)C2)cc1.O=C(O)C(F)(F)F.O=C(O)C(F)(F)F. The molecule has 2 fully saturated rings. The van der Waals surface area contributed by atoms with Crippen LogP contribution in [0.3, 0.4) is 0 Å². The first-order chi connectivity index (χ1) is 18.5. The molecular weight excluding hydrogens is 557 g/mol. The molecule has 2 aliphatic rings. The van der Waals surface area contributed by atoms with E-state index in [1.807, 2.05) is 12.1 Å². The number of piperidine rings is 1. The number of methoxy groups -OCH3 is 1. The normalized spacial score (nSPS) is 19.2. The molecule has 2 aromatic rings. The minimum Gasteiger partial charge on any atom is -0.497 e. The van der Waals surface area contributed by atoms with Crippen molar-refractivity contribution in [1.82, 2.24) is 14.9 Å². The van der Waals surface area contributed by atoms with Crippen molar-refractivity contribution < 1.29 is 55.3 Å². The van der Waals surface area contributed by atoms with E-state index in [2.05, 4.69) is 31.9 Å². The van der Waals surface area contributed by atoms with E-state index in [9.17, 15) is 30.7 Å². The number of aliphatic carboxylic acids is 2. The van der Waals surface area contributed by atoms with Gasteiger partial charge in [-0.3, -0.25) is 4.90 Å². The lowest BCUT2D eigenvalue weighted by molar-refractivity contribution is -0.193. The van der Waals surface area contributed by atoms with Crippen LogP contribution in [0.4, 0.5) is 36.7 Å². The molecule has 1 aromatic heterocycles. The summed E-state index contributed by atoms with van der Waals surface area (Å²) in [5, 5.41) is 14.2. The van der Waals surface area contributed by atoms with Gasteiger partial charge in [-0.25, -0.2) is 23.9 Å². The fourth-order valence-corrected chi connectivity index (χ4v) is 4.33. The molecule has 4 rings (SSSR count). The highest BCUT2D eigenvalue weighted by atomic mass is 19.4. The number of ether oxygens (including phenoxy) is 1. The summed E-state index contributed by atoms with van der Waals surface area (Å²) >= 11 is 0. The summed E-state index contributed by atoms with van der Waals surface area (Å²) in [7, 11) is 1.69. The Hall–Kier alpha value is -3.69. The van der Waals surface area contributed by atoms with Gasteiger partial charge < -0.3 is 19.8 Å². The third-order valence-corrected chi connectivity index (χ3v) is 6.12. The number of hydrogen-bond donors (Lipinski definition) is 2. The lowest BCUT2D eigenvalue weighted by Gasteiger charge is -2.40. The van der Waals surface area contributed by atoms with Gasteiger partial charge in [0.2, 0.25) is 5.95 Å². The van der Waals surface area contributed by atoms with Gasteiger partial charge in [-0.15, -0.1) is 0 Å². The predicted molar refractivity (Wildman–Crippen MR) is 126 cm³/mol. The Labute approximate surface area is 224 Å². The van der Waals surface area contributed by atoms with E-state index in [1.54, 1.807) is 7.11 Å². The van der Waals surface area contributed by atoms with Gasteiger partial charge in [-0.1, -0.05) is 12.1 Å². The van der Waals surface area contributed by atoms with Gasteiger partial charge in [-0.2, -0.15) is 26.3 Å². The Bertz CT molecular complexity index is 1090. The Morgan fingerprint density at radius 1 is 0.925 bits per heavy atom. The van der Waals surface area contributed by atoms with Crippen LogP contribution in [0.5, 0.6) is 5.75 Å². The van der Waals surface area contributed by atoms with E-state index in [0.29, 0.717) is 11.4 Å². The number of aromatic nitrogens is 2. The zero-order valence-electron chi connectivity index (χ0n) is 21.2. The van der Waals surface area contributed by atoms with Crippen molar-refractivity contribution >= 4 is 17.9 Å².